The van der Waals surface area contributed by atoms with E-state index in [4.69, 9.17) is 16.6 Å². The summed E-state index contributed by atoms with van der Waals surface area (Å²) in [5.41, 5.74) is 2.24. The maximum atomic E-state index is 6.33. The minimum Gasteiger partial charge on any atom is -0.324 e. The van der Waals surface area contributed by atoms with E-state index in [2.05, 4.69) is 66.1 Å². The van der Waals surface area contributed by atoms with Crippen LogP contribution >= 0.6 is 34.2 Å². The zero-order chi connectivity index (χ0) is 14.2. The molecule has 0 N–H and O–H groups in total. The maximum absolute atomic E-state index is 6.33. The molecule has 104 valence electrons. The van der Waals surface area contributed by atoms with Crippen LogP contribution in [0.5, 0.6) is 0 Å². The Morgan fingerprint density at radius 2 is 2.00 bits per heavy atom. The predicted molar refractivity (Wildman–Crippen MR) is 90.9 cm³/mol. The average molecular weight is 391 g/mol. The molecule has 0 aliphatic carbocycles. The summed E-state index contributed by atoms with van der Waals surface area (Å²) >= 11 is 8.65. The monoisotopic (exact) mass is 390 g/mol. The van der Waals surface area contributed by atoms with E-state index in [9.17, 15) is 0 Å². The van der Waals surface area contributed by atoms with Gasteiger partial charge >= 0.3 is 0 Å². The predicted octanol–water partition coefficient (Wildman–Crippen LogP) is 5.55. The zero-order valence-electron chi connectivity index (χ0n) is 11.8. The third-order valence-electron chi connectivity index (χ3n) is 3.91. The third kappa shape index (κ3) is 2.92. The van der Waals surface area contributed by atoms with Crippen LogP contribution in [0.15, 0.2) is 18.2 Å². The van der Waals surface area contributed by atoms with Crippen LogP contribution in [0.4, 0.5) is 0 Å². The molecule has 4 heteroatoms. The summed E-state index contributed by atoms with van der Waals surface area (Å²) in [4.78, 5) is 4.74. The molecule has 0 radical (unpaired) electrons. The van der Waals surface area contributed by atoms with Crippen molar-refractivity contribution in [2.24, 2.45) is 5.92 Å². The Kier molecular flexibility index (Phi) is 4.77. The molecule has 19 heavy (non-hydrogen) atoms. The van der Waals surface area contributed by atoms with Crippen molar-refractivity contribution in [3.8, 4) is 0 Å². The first-order valence-electron chi connectivity index (χ1n) is 6.77. The molecule has 0 spiro atoms. The molecular weight excluding hydrogens is 371 g/mol. The summed E-state index contributed by atoms with van der Waals surface area (Å²) in [7, 11) is 0. The van der Waals surface area contributed by atoms with Gasteiger partial charge < -0.3 is 4.57 Å². The van der Waals surface area contributed by atoms with Crippen molar-refractivity contribution < 1.29 is 0 Å². The van der Waals surface area contributed by atoms with Crippen LogP contribution in [0, 0.1) is 9.49 Å². The summed E-state index contributed by atoms with van der Waals surface area (Å²) in [6, 6.07) is 6.82. The van der Waals surface area contributed by atoms with Gasteiger partial charge in [-0.05, 0) is 60.6 Å². The fourth-order valence-electron chi connectivity index (χ4n) is 2.39. The fourth-order valence-corrected chi connectivity index (χ4v) is 3.02. The first kappa shape index (κ1) is 15.1. The van der Waals surface area contributed by atoms with Gasteiger partial charge in [-0.15, -0.1) is 11.6 Å². The molecule has 0 aliphatic rings. The van der Waals surface area contributed by atoms with Gasteiger partial charge in [-0.2, -0.15) is 0 Å². The number of alkyl halides is 1. The van der Waals surface area contributed by atoms with Crippen molar-refractivity contribution in [2.75, 3.05) is 0 Å². The SMILES string of the molecule is CCC(C)C(C)n1c(C(C)Cl)nc2cc(I)ccc21. The molecule has 2 rings (SSSR count). The second-order valence-corrected chi connectivity index (χ2v) is 7.12. The highest BCUT2D eigenvalue weighted by Gasteiger charge is 2.22. The highest BCUT2D eigenvalue weighted by Crippen LogP contribution is 2.32. The number of nitrogens with zero attached hydrogens (tertiary/aromatic N) is 2. The second-order valence-electron chi connectivity index (χ2n) is 5.22. The van der Waals surface area contributed by atoms with Gasteiger partial charge in [-0.25, -0.2) is 4.98 Å². The molecule has 0 fully saturated rings. The van der Waals surface area contributed by atoms with Crippen LogP contribution in [-0.2, 0) is 0 Å². The molecule has 0 saturated carbocycles. The van der Waals surface area contributed by atoms with Crippen molar-refractivity contribution in [2.45, 2.75) is 45.5 Å². The maximum Gasteiger partial charge on any atom is 0.127 e. The Morgan fingerprint density at radius 3 is 2.58 bits per heavy atom. The lowest BCUT2D eigenvalue weighted by atomic mass is 10.0. The summed E-state index contributed by atoms with van der Waals surface area (Å²) in [6.07, 6.45) is 1.15. The Labute approximate surface area is 133 Å². The molecule has 1 aromatic heterocycles. The normalized spacial score (nSPS) is 16.5. The van der Waals surface area contributed by atoms with Crippen molar-refractivity contribution in [3.05, 3.63) is 27.6 Å². The van der Waals surface area contributed by atoms with Crippen LogP contribution in [0.2, 0.25) is 0 Å². The van der Waals surface area contributed by atoms with Gasteiger partial charge in [0.05, 0.1) is 16.4 Å². The second kappa shape index (κ2) is 6.00. The van der Waals surface area contributed by atoms with E-state index in [0.29, 0.717) is 12.0 Å². The smallest absolute Gasteiger partial charge is 0.127 e. The molecular formula is C15H20ClIN2. The molecule has 0 aliphatic heterocycles. The summed E-state index contributed by atoms with van der Waals surface area (Å²) in [5, 5.41) is -0.0726. The van der Waals surface area contributed by atoms with Gasteiger partial charge in [0.1, 0.15) is 5.82 Å². The lowest BCUT2D eigenvalue weighted by molar-refractivity contribution is 0.369. The van der Waals surface area contributed by atoms with Crippen molar-refractivity contribution >= 4 is 45.2 Å². The molecule has 0 saturated heterocycles. The van der Waals surface area contributed by atoms with Gasteiger partial charge in [0.25, 0.3) is 0 Å². The zero-order valence-corrected chi connectivity index (χ0v) is 14.7. The fraction of sp³-hybridized carbons (Fsp3) is 0.533. The summed E-state index contributed by atoms with van der Waals surface area (Å²) in [6.45, 7) is 8.77. The van der Waals surface area contributed by atoms with Crippen LogP contribution in [-0.4, -0.2) is 9.55 Å². The Balaban J connectivity index is 2.65. The van der Waals surface area contributed by atoms with E-state index in [1.165, 1.54) is 9.09 Å². The van der Waals surface area contributed by atoms with E-state index < -0.39 is 0 Å². The topological polar surface area (TPSA) is 17.8 Å². The summed E-state index contributed by atoms with van der Waals surface area (Å²) < 4.78 is 3.52. The molecule has 3 unspecified atom stereocenters. The van der Waals surface area contributed by atoms with E-state index in [-0.39, 0.29) is 5.38 Å². The number of imidazole rings is 1. The van der Waals surface area contributed by atoms with Gasteiger partial charge in [0, 0.05) is 9.61 Å². The highest BCUT2D eigenvalue weighted by atomic mass is 127. The Bertz CT molecular complexity index is 577. The van der Waals surface area contributed by atoms with E-state index in [0.717, 1.165) is 17.8 Å². The molecule has 2 aromatic rings. The molecule has 2 nitrogen and oxygen atoms in total. The van der Waals surface area contributed by atoms with Gasteiger partial charge in [0.15, 0.2) is 0 Å². The quantitative estimate of drug-likeness (QED) is 0.494. The third-order valence-corrected chi connectivity index (χ3v) is 4.78. The van der Waals surface area contributed by atoms with Crippen LogP contribution in [0.3, 0.4) is 0 Å². The molecule has 1 aromatic carbocycles. The molecule has 0 bridgehead atoms. The first-order valence-corrected chi connectivity index (χ1v) is 8.28. The van der Waals surface area contributed by atoms with Crippen LogP contribution < -0.4 is 0 Å². The summed E-state index contributed by atoms with van der Waals surface area (Å²) in [5.74, 6) is 1.58. The van der Waals surface area contributed by atoms with E-state index in [1.807, 2.05) is 6.92 Å². The minimum atomic E-state index is -0.0726. The number of halogens is 2. The number of benzene rings is 1. The van der Waals surface area contributed by atoms with Crippen molar-refractivity contribution in [1.29, 1.82) is 0 Å². The standard InChI is InChI=1S/C15H20ClIN2/c1-5-9(2)11(4)19-14-7-6-12(17)8-13(14)18-15(19)10(3)16/h6-11H,5H2,1-4H3. The lowest BCUT2D eigenvalue weighted by Gasteiger charge is -2.23. The molecule has 0 amide bonds. The largest absolute Gasteiger partial charge is 0.324 e. The van der Waals surface area contributed by atoms with E-state index >= 15 is 0 Å². The minimum absolute atomic E-state index is 0.0726. The average Bonchev–Trinajstić information content (AvgIpc) is 2.75. The van der Waals surface area contributed by atoms with Crippen molar-refractivity contribution in [1.82, 2.24) is 9.55 Å². The van der Waals surface area contributed by atoms with Gasteiger partial charge in [0.2, 0.25) is 0 Å². The number of hydrogen-bond acceptors (Lipinski definition) is 1. The molecule has 3 atom stereocenters. The number of aromatic nitrogens is 2. The Hall–Kier alpha value is -0.290. The Morgan fingerprint density at radius 1 is 1.32 bits per heavy atom. The van der Waals surface area contributed by atoms with E-state index in [1.54, 1.807) is 0 Å². The highest BCUT2D eigenvalue weighted by molar-refractivity contribution is 14.1. The first-order chi connectivity index (χ1) is 8.95. The lowest BCUT2D eigenvalue weighted by Crippen LogP contribution is -2.16. The molecule has 1 heterocycles. The van der Waals surface area contributed by atoms with Crippen molar-refractivity contribution in [3.63, 3.8) is 0 Å². The number of fused-ring (bicyclic) bond motifs is 1. The number of rotatable bonds is 4. The number of hydrogen-bond donors (Lipinski definition) is 0. The van der Waals surface area contributed by atoms with Crippen LogP contribution in [0.1, 0.15) is 51.4 Å². The van der Waals surface area contributed by atoms with Crippen LogP contribution in [0.25, 0.3) is 11.0 Å². The van der Waals surface area contributed by atoms with Gasteiger partial charge in [-0.3, -0.25) is 0 Å². The van der Waals surface area contributed by atoms with Gasteiger partial charge in [-0.1, -0.05) is 20.3 Å².